The Bertz CT molecular complexity index is 441. The zero-order valence-electron chi connectivity index (χ0n) is 13.0. The topological polar surface area (TPSA) is 61.4 Å². The highest BCUT2D eigenvalue weighted by Gasteiger charge is 2.30. The summed E-state index contributed by atoms with van der Waals surface area (Å²) in [6.45, 7) is 10.9. The first-order valence-electron chi connectivity index (χ1n) is 6.97. The predicted molar refractivity (Wildman–Crippen MR) is 83.9 cm³/mol. The number of nitrogens with one attached hydrogen (secondary N) is 2. The first kappa shape index (κ1) is 17.0. The lowest BCUT2D eigenvalue weighted by Crippen LogP contribution is -2.46. The summed E-state index contributed by atoms with van der Waals surface area (Å²) in [5.74, 6) is 0.170. The molecule has 0 aliphatic carbocycles. The number of rotatable bonds is 6. The Balaban J connectivity index is 2.38. The summed E-state index contributed by atoms with van der Waals surface area (Å²) in [7, 11) is 0. The molecule has 1 aromatic heterocycles. The van der Waals surface area contributed by atoms with Crippen molar-refractivity contribution in [2.24, 2.45) is 11.3 Å². The average Bonchev–Trinajstić information content (AvgIpc) is 2.78. The van der Waals surface area contributed by atoms with E-state index < -0.39 is 6.10 Å². The van der Waals surface area contributed by atoms with Gasteiger partial charge in [-0.05, 0) is 29.9 Å². The summed E-state index contributed by atoms with van der Waals surface area (Å²) in [5.41, 5.74) is 0.857. The van der Waals surface area contributed by atoms with Gasteiger partial charge < -0.3 is 15.7 Å². The van der Waals surface area contributed by atoms with E-state index in [1.54, 1.807) is 11.3 Å². The zero-order valence-corrected chi connectivity index (χ0v) is 13.8. The van der Waals surface area contributed by atoms with Gasteiger partial charge in [0.05, 0.1) is 12.6 Å². The van der Waals surface area contributed by atoms with Crippen LogP contribution in [0.1, 0.15) is 38.1 Å². The molecule has 1 atom stereocenters. The molecule has 2 amide bonds. The molecule has 1 rings (SSSR count). The number of carbonyl (C=O) groups is 1. The van der Waals surface area contributed by atoms with Crippen LogP contribution in [-0.4, -0.2) is 23.8 Å². The van der Waals surface area contributed by atoms with Crippen LogP contribution in [0.3, 0.4) is 0 Å². The molecule has 0 bridgehead atoms. The van der Waals surface area contributed by atoms with Crippen molar-refractivity contribution in [3.05, 3.63) is 21.9 Å². The SMILES string of the molecule is Cc1ccsc1CNC(=O)NCC(C)(C)C(O)C(C)C. The summed E-state index contributed by atoms with van der Waals surface area (Å²) in [6.07, 6.45) is -0.442. The van der Waals surface area contributed by atoms with Gasteiger partial charge in [-0.3, -0.25) is 0 Å². The van der Waals surface area contributed by atoms with E-state index in [-0.39, 0.29) is 17.4 Å². The van der Waals surface area contributed by atoms with Crippen molar-refractivity contribution in [1.29, 1.82) is 0 Å². The second kappa shape index (κ2) is 7.09. The average molecular weight is 298 g/mol. The third-order valence-electron chi connectivity index (χ3n) is 3.51. The van der Waals surface area contributed by atoms with E-state index in [0.717, 1.165) is 0 Å². The fourth-order valence-electron chi connectivity index (χ4n) is 2.12. The number of urea groups is 1. The summed E-state index contributed by atoms with van der Waals surface area (Å²) >= 11 is 1.64. The van der Waals surface area contributed by atoms with E-state index in [1.807, 2.05) is 46.1 Å². The molecule has 0 spiro atoms. The maximum Gasteiger partial charge on any atom is 0.315 e. The van der Waals surface area contributed by atoms with Crippen molar-refractivity contribution in [2.75, 3.05) is 6.54 Å². The van der Waals surface area contributed by atoms with E-state index in [9.17, 15) is 9.90 Å². The maximum absolute atomic E-state index is 11.8. The van der Waals surface area contributed by atoms with Gasteiger partial charge in [-0.15, -0.1) is 11.3 Å². The fourth-order valence-corrected chi connectivity index (χ4v) is 2.97. The lowest BCUT2D eigenvalue weighted by Gasteiger charge is -2.33. The van der Waals surface area contributed by atoms with E-state index in [4.69, 9.17) is 0 Å². The molecule has 0 aliphatic rings. The molecular weight excluding hydrogens is 272 g/mol. The minimum absolute atomic E-state index is 0.170. The molecule has 0 aromatic carbocycles. The molecule has 5 heteroatoms. The monoisotopic (exact) mass is 298 g/mol. The van der Waals surface area contributed by atoms with Crippen LogP contribution in [0.25, 0.3) is 0 Å². The molecule has 0 aliphatic heterocycles. The molecule has 4 nitrogen and oxygen atoms in total. The second-order valence-electron chi connectivity index (χ2n) is 6.24. The lowest BCUT2D eigenvalue weighted by molar-refractivity contribution is 0.0151. The van der Waals surface area contributed by atoms with Gasteiger partial charge in [-0.25, -0.2) is 4.79 Å². The summed E-state index contributed by atoms with van der Waals surface area (Å²) in [5, 5.41) is 17.8. The van der Waals surface area contributed by atoms with Gasteiger partial charge >= 0.3 is 6.03 Å². The van der Waals surface area contributed by atoms with Crippen molar-refractivity contribution < 1.29 is 9.90 Å². The molecule has 1 heterocycles. The molecule has 1 aromatic rings. The summed E-state index contributed by atoms with van der Waals surface area (Å²) in [6, 6.07) is 1.85. The van der Waals surface area contributed by atoms with Crippen LogP contribution < -0.4 is 10.6 Å². The van der Waals surface area contributed by atoms with Gasteiger partial charge in [0, 0.05) is 16.8 Å². The molecule has 0 radical (unpaired) electrons. The Hall–Kier alpha value is -1.07. The molecule has 0 fully saturated rings. The largest absolute Gasteiger partial charge is 0.392 e. The Morgan fingerprint density at radius 2 is 2.05 bits per heavy atom. The first-order chi connectivity index (χ1) is 9.24. The zero-order chi connectivity index (χ0) is 15.3. The fraction of sp³-hybridized carbons (Fsp3) is 0.667. The van der Waals surface area contributed by atoms with Crippen LogP contribution in [0, 0.1) is 18.3 Å². The van der Waals surface area contributed by atoms with Crippen LogP contribution in [0.4, 0.5) is 4.79 Å². The summed E-state index contributed by atoms with van der Waals surface area (Å²) in [4.78, 5) is 13.0. The predicted octanol–water partition coefficient (Wildman–Crippen LogP) is 2.90. The number of aryl methyl sites for hydroxylation is 1. The Morgan fingerprint density at radius 3 is 2.55 bits per heavy atom. The standard InChI is InChI=1S/C15H26N2O2S/c1-10(2)13(18)15(4,5)9-17-14(19)16-8-12-11(3)6-7-20-12/h6-7,10,13,18H,8-9H2,1-5H3,(H2,16,17,19). The van der Waals surface area contributed by atoms with E-state index in [0.29, 0.717) is 13.1 Å². The normalized spacial score (nSPS) is 13.3. The van der Waals surface area contributed by atoms with Gasteiger partial charge in [-0.1, -0.05) is 27.7 Å². The molecule has 0 saturated carbocycles. The number of hydrogen-bond acceptors (Lipinski definition) is 3. The minimum Gasteiger partial charge on any atom is -0.392 e. The van der Waals surface area contributed by atoms with Gasteiger partial charge in [0.25, 0.3) is 0 Å². The van der Waals surface area contributed by atoms with Crippen molar-refractivity contribution in [2.45, 2.75) is 47.3 Å². The Morgan fingerprint density at radius 1 is 1.40 bits per heavy atom. The molecular formula is C15H26N2O2S. The van der Waals surface area contributed by atoms with E-state index in [2.05, 4.69) is 10.6 Å². The number of aliphatic hydroxyl groups is 1. The quantitative estimate of drug-likeness (QED) is 0.756. The van der Waals surface area contributed by atoms with Crippen LogP contribution >= 0.6 is 11.3 Å². The molecule has 0 saturated heterocycles. The van der Waals surface area contributed by atoms with Crippen molar-refractivity contribution in [1.82, 2.24) is 10.6 Å². The van der Waals surface area contributed by atoms with Crippen LogP contribution in [-0.2, 0) is 6.54 Å². The highest BCUT2D eigenvalue weighted by molar-refractivity contribution is 7.10. The minimum atomic E-state index is -0.442. The lowest BCUT2D eigenvalue weighted by atomic mass is 9.81. The van der Waals surface area contributed by atoms with Crippen molar-refractivity contribution in [3.8, 4) is 0 Å². The molecule has 114 valence electrons. The third-order valence-corrected chi connectivity index (χ3v) is 4.54. The van der Waals surface area contributed by atoms with Gasteiger partial charge in [0.2, 0.25) is 0 Å². The highest BCUT2D eigenvalue weighted by atomic mass is 32.1. The number of amides is 2. The van der Waals surface area contributed by atoms with E-state index >= 15 is 0 Å². The first-order valence-corrected chi connectivity index (χ1v) is 7.84. The number of aliphatic hydroxyl groups excluding tert-OH is 1. The van der Waals surface area contributed by atoms with Crippen LogP contribution in [0.5, 0.6) is 0 Å². The van der Waals surface area contributed by atoms with E-state index in [1.165, 1.54) is 10.4 Å². The molecule has 1 unspecified atom stereocenters. The van der Waals surface area contributed by atoms with Crippen LogP contribution in [0.15, 0.2) is 11.4 Å². The van der Waals surface area contributed by atoms with Gasteiger partial charge in [0.15, 0.2) is 0 Å². The molecule has 3 N–H and O–H groups in total. The van der Waals surface area contributed by atoms with Crippen molar-refractivity contribution in [3.63, 3.8) is 0 Å². The smallest absolute Gasteiger partial charge is 0.315 e. The molecule has 20 heavy (non-hydrogen) atoms. The van der Waals surface area contributed by atoms with Gasteiger partial charge in [0.1, 0.15) is 0 Å². The third kappa shape index (κ3) is 4.80. The highest BCUT2D eigenvalue weighted by Crippen LogP contribution is 2.25. The number of hydrogen-bond donors (Lipinski definition) is 3. The summed E-state index contributed by atoms with van der Waals surface area (Å²) < 4.78 is 0. The number of carbonyl (C=O) groups excluding carboxylic acids is 1. The maximum atomic E-state index is 11.8. The Labute approximate surface area is 125 Å². The second-order valence-corrected chi connectivity index (χ2v) is 7.24. The number of thiophene rings is 1. The van der Waals surface area contributed by atoms with Crippen LogP contribution in [0.2, 0.25) is 0 Å². The van der Waals surface area contributed by atoms with Crippen molar-refractivity contribution >= 4 is 17.4 Å². The Kier molecular flexibility index (Phi) is 6.02. The van der Waals surface area contributed by atoms with Gasteiger partial charge in [-0.2, -0.15) is 0 Å².